The van der Waals surface area contributed by atoms with Crippen LogP contribution in [0.25, 0.3) is 11.4 Å². The number of carbonyl (C=O) groups excluding carboxylic acids is 1. The van der Waals surface area contributed by atoms with E-state index in [1.54, 1.807) is 0 Å². The number of hydrogen-bond donors (Lipinski definition) is 0. The highest BCUT2D eigenvalue weighted by Gasteiger charge is 2.14. The predicted octanol–water partition coefficient (Wildman–Crippen LogP) is 3.56. The lowest BCUT2D eigenvalue weighted by molar-refractivity contribution is -0.144. The second-order valence-corrected chi connectivity index (χ2v) is 5.40. The number of esters is 1. The van der Waals surface area contributed by atoms with Crippen LogP contribution in [-0.2, 0) is 22.6 Å². The summed E-state index contributed by atoms with van der Waals surface area (Å²) in [5, 5.41) is 3.90. The molecule has 0 fully saturated rings. The molecule has 0 unspecified atom stereocenters. The monoisotopic (exact) mass is 356 g/mol. The first-order valence-electron chi connectivity index (χ1n) is 8.10. The number of benzene rings is 2. The van der Waals surface area contributed by atoms with Crippen LogP contribution in [0.2, 0.25) is 0 Å². The molecule has 0 N–H and O–H groups in total. The number of nitrogens with zero attached hydrogens (tertiary/aromatic N) is 2. The Labute approximate surface area is 149 Å². The molecule has 0 spiro atoms. The third-order valence-corrected chi connectivity index (χ3v) is 3.51. The van der Waals surface area contributed by atoms with Crippen LogP contribution in [0.4, 0.5) is 4.39 Å². The lowest BCUT2D eigenvalue weighted by atomic mass is 10.1. The number of halogens is 1. The molecule has 1 heterocycles. The van der Waals surface area contributed by atoms with Gasteiger partial charge in [-0.15, -0.1) is 0 Å². The van der Waals surface area contributed by atoms with Gasteiger partial charge in [0, 0.05) is 0 Å². The third kappa shape index (κ3) is 4.44. The summed E-state index contributed by atoms with van der Waals surface area (Å²) in [5.74, 6) is 0.368. The second-order valence-electron chi connectivity index (χ2n) is 5.40. The lowest BCUT2D eigenvalue weighted by Gasteiger charge is -2.06. The van der Waals surface area contributed by atoms with Crippen LogP contribution in [0, 0.1) is 5.82 Å². The quantitative estimate of drug-likeness (QED) is 0.603. The van der Waals surface area contributed by atoms with Crippen molar-refractivity contribution in [2.45, 2.75) is 20.0 Å². The van der Waals surface area contributed by atoms with E-state index in [9.17, 15) is 9.18 Å². The van der Waals surface area contributed by atoms with Crippen molar-refractivity contribution in [3.63, 3.8) is 0 Å². The fourth-order valence-corrected chi connectivity index (χ4v) is 2.32. The lowest BCUT2D eigenvalue weighted by Crippen LogP contribution is -2.08. The molecule has 0 saturated carbocycles. The number of para-hydroxylation sites is 1. The molecule has 0 atom stereocenters. The minimum absolute atomic E-state index is 0.0362. The van der Waals surface area contributed by atoms with E-state index in [1.807, 2.05) is 31.2 Å². The fraction of sp³-hybridized carbons (Fsp3) is 0.211. The number of hydrogen-bond acceptors (Lipinski definition) is 6. The SMILES string of the molecule is CCOc1ccccc1-c1noc(COC(=O)Cc2ccc(F)cc2)n1. The van der Waals surface area contributed by atoms with Crippen molar-refractivity contribution >= 4 is 5.97 Å². The summed E-state index contributed by atoms with van der Waals surface area (Å²) in [4.78, 5) is 16.1. The summed E-state index contributed by atoms with van der Waals surface area (Å²) in [6.45, 7) is 2.27. The van der Waals surface area contributed by atoms with Gasteiger partial charge in [-0.25, -0.2) is 4.39 Å². The topological polar surface area (TPSA) is 74.5 Å². The van der Waals surface area contributed by atoms with Crippen molar-refractivity contribution in [3.8, 4) is 17.1 Å². The molecule has 0 aliphatic carbocycles. The molecule has 1 aromatic heterocycles. The molecule has 0 radical (unpaired) electrons. The maximum Gasteiger partial charge on any atom is 0.310 e. The normalized spacial score (nSPS) is 10.5. The summed E-state index contributed by atoms with van der Waals surface area (Å²) in [6.07, 6.45) is 0.0362. The molecule has 0 amide bonds. The molecular weight excluding hydrogens is 339 g/mol. The van der Waals surface area contributed by atoms with Gasteiger partial charge in [0.1, 0.15) is 11.6 Å². The standard InChI is InChI=1S/C19H17FN2O4/c1-2-24-16-6-4-3-5-15(16)19-21-17(26-22-19)12-25-18(23)11-13-7-9-14(20)10-8-13/h3-10H,2,11-12H2,1H3. The summed E-state index contributed by atoms with van der Waals surface area (Å²) in [7, 11) is 0. The summed E-state index contributed by atoms with van der Waals surface area (Å²) in [6, 6.07) is 13.0. The van der Waals surface area contributed by atoms with Crippen LogP contribution >= 0.6 is 0 Å². The summed E-state index contributed by atoms with van der Waals surface area (Å²) < 4.78 is 28.7. The number of rotatable bonds is 7. The highest BCUT2D eigenvalue weighted by atomic mass is 19.1. The van der Waals surface area contributed by atoms with Crippen LogP contribution in [-0.4, -0.2) is 22.7 Å². The number of ether oxygens (including phenoxy) is 2. The van der Waals surface area contributed by atoms with E-state index in [0.717, 1.165) is 0 Å². The van der Waals surface area contributed by atoms with Gasteiger partial charge in [-0.3, -0.25) is 4.79 Å². The van der Waals surface area contributed by atoms with Gasteiger partial charge < -0.3 is 14.0 Å². The molecule has 3 aromatic rings. The highest BCUT2D eigenvalue weighted by Crippen LogP contribution is 2.27. The third-order valence-electron chi connectivity index (χ3n) is 3.51. The van der Waals surface area contributed by atoms with Gasteiger partial charge in [0.25, 0.3) is 5.89 Å². The first kappa shape index (κ1) is 17.6. The van der Waals surface area contributed by atoms with Gasteiger partial charge in [-0.1, -0.05) is 29.4 Å². The van der Waals surface area contributed by atoms with Crippen molar-refractivity contribution in [3.05, 3.63) is 65.8 Å². The average Bonchev–Trinajstić information content (AvgIpc) is 3.12. The van der Waals surface area contributed by atoms with Gasteiger partial charge in [-0.2, -0.15) is 4.98 Å². The Morgan fingerprint density at radius 3 is 2.69 bits per heavy atom. The van der Waals surface area contributed by atoms with Crippen molar-refractivity contribution in [1.82, 2.24) is 10.1 Å². The molecular formula is C19H17FN2O4. The molecule has 7 heteroatoms. The fourth-order valence-electron chi connectivity index (χ4n) is 2.32. The number of aromatic nitrogens is 2. The zero-order valence-corrected chi connectivity index (χ0v) is 14.1. The summed E-state index contributed by atoms with van der Waals surface area (Å²) >= 11 is 0. The van der Waals surface area contributed by atoms with E-state index >= 15 is 0 Å². The molecule has 134 valence electrons. The highest BCUT2D eigenvalue weighted by molar-refractivity contribution is 5.72. The van der Waals surface area contributed by atoms with Crippen molar-refractivity contribution < 1.29 is 23.2 Å². The molecule has 26 heavy (non-hydrogen) atoms. The van der Waals surface area contributed by atoms with Crippen molar-refractivity contribution in [1.29, 1.82) is 0 Å². The van der Waals surface area contributed by atoms with E-state index in [-0.39, 0.29) is 24.7 Å². The first-order valence-corrected chi connectivity index (χ1v) is 8.10. The van der Waals surface area contributed by atoms with Gasteiger partial charge >= 0.3 is 5.97 Å². The Morgan fingerprint density at radius 1 is 1.15 bits per heavy atom. The largest absolute Gasteiger partial charge is 0.493 e. The van der Waals surface area contributed by atoms with Crippen LogP contribution in [0.3, 0.4) is 0 Å². The van der Waals surface area contributed by atoms with Crippen LogP contribution in [0.15, 0.2) is 53.1 Å². The molecule has 0 bridgehead atoms. The van der Waals surface area contributed by atoms with Crippen LogP contribution in [0.5, 0.6) is 5.75 Å². The Hall–Kier alpha value is -3.22. The zero-order chi connectivity index (χ0) is 18.4. The second kappa shape index (κ2) is 8.24. The van der Waals surface area contributed by atoms with E-state index < -0.39 is 5.97 Å². The van der Waals surface area contributed by atoms with Gasteiger partial charge in [-0.05, 0) is 36.8 Å². The average molecular weight is 356 g/mol. The Balaban J connectivity index is 1.60. The molecule has 0 saturated heterocycles. The van der Waals surface area contributed by atoms with E-state index in [2.05, 4.69) is 10.1 Å². The minimum atomic E-state index is -0.467. The van der Waals surface area contributed by atoms with Gasteiger partial charge in [0.2, 0.25) is 5.82 Å². The summed E-state index contributed by atoms with van der Waals surface area (Å²) in [5.41, 5.74) is 1.36. The maximum atomic E-state index is 12.9. The molecule has 0 aliphatic heterocycles. The van der Waals surface area contributed by atoms with E-state index in [4.69, 9.17) is 14.0 Å². The zero-order valence-electron chi connectivity index (χ0n) is 14.1. The van der Waals surface area contributed by atoms with E-state index in [0.29, 0.717) is 29.3 Å². The molecule has 3 rings (SSSR count). The van der Waals surface area contributed by atoms with Crippen molar-refractivity contribution in [2.75, 3.05) is 6.61 Å². The maximum absolute atomic E-state index is 12.9. The first-order chi connectivity index (χ1) is 12.7. The molecule has 2 aromatic carbocycles. The smallest absolute Gasteiger partial charge is 0.310 e. The van der Waals surface area contributed by atoms with Gasteiger partial charge in [0.05, 0.1) is 18.6 Å². The van der Waals surface area contributed by atoms with E-state index in [1.165, 1.54) is 24.3 Å². The minimum Gasteiger partial charge on any atom is -0.493 e. The Bertz CT molecular complexity index is 877. The molecule has 0 aliphatic rings. The Morgan fingerprint density at radius 2 is 1.92 bits per heavy atom. The van der Waals surface area contributed by atoms with Gasteiger partial charge in [0.15, 0.2) is 6.61 Å². The number of carbonyl (C=O) groups is 1. The van der Waals surface area contributed by atoms with Crippen molar-refractivity contribution in [2.24, 2.45) is 0 Å². The van der Waals surface area contributed by atoms with Crippen LogP contribution in [0.1, 0.15) is 18.4 Å². The Kier molecular flexibility index (Phi) is 5.58. The molecule has 6 nitrogen and oxygen atoms in total. The van der Waals surface area contributed by atoms with Crippen LogP contribution < -0.4 is 4.74 Å². The predicted molar refractivity (Wildman–Crippen MR) is 90.8 cm³/mol.